The van der Waals surface area contributed by atoms with Gasteiger partial charge >= 0.3 is 0 Å². The van der Waals surface area contributed by atoms with Crippen molar-refractivity contribution in [2.45, 2.75) is 12.8 Å². The van der Waals surface area contributed by atoms with Gasteiger partial charge in [0.05, 0.1) is 22.1 Å². The van der Waals surface area contributed by atoms with E-state index in [0.29, 0.717) is 0 Å². The van der Waals surface area contributed by atoms with Crippen molar-refractivity contribution in [3.05, 3.63) is 351 Å². The highest BCUT2D eigenvalue weighted by molar-refractivity contribution is 6.25. The number of rotatable bonds is 11. The van der Waals surface area contributed by atoms with Crippen LogP contribution >= 0.6 is 0 Å². The lowest BCUT2D eigenvalue weighted by atomic mass is 9.84. The van der Waals surface area contributed by atoms with E-state index >= 15 is 0 Å². The Morgan fingerprint density at radius 3 is 1.35 bits per heavy atom. The monoisotopic (exact) mass is 1220 g/mol. The largest absolute Gasteiger partial charge is 0.296 e. The third-order valence-electron chi connectivity index (χ3n) is 20.0. The molecule has 19 aromatic rings. The summed E-state index contributed by atoms with van der Waals surface area (Å²) in [7, 11) is 0. The number of fused-ring (bicyclic) bond motifs is 9. The topological polar surface area (TPSA) is 35.6 Å². The van der Waals surface area contributed by atoms with Crippen LogP contribution in [-0.2, 0) is 12.8 Å². The highest BCUT2D eigenvalue weighted by atomic mass is 15.1. The second-order valence-electron chi connectivity index (χ2n) is 25.5. The van der Waals surface area contributed by atoms with Crippen LogP contribution in [0.15, 0.2) is 340 Å². The minimum absolute atomic E-state index is 0.736. The van der Waals surface area contributed by atoms with Crippen LogP contribution in [0.2, 0.25) is 0 Å². The van der Waals surface area contributed by atoms with Crippen LogP contribution < -0.4 is 0 Å². The summed E-state index contributed by atoms with van der Waals surface area (Å²) >= 11 is 0. The van der Waals surface area contributed by atoms with Gasteiger partial charge in [-0.1, -0.05) is 273 Å². The smallest absolute Gasteiger partial charge is 0.145 e. The fraction of sp³-hybridized carbons (Fsp3) is 0.0217. The molecule has 0 amide bonds. The van der Waals surface area contributed by atoms with E-state index in [1.54, 1.807) is 0 Å². The van der Waals surface area contributed by atoms with Crippen LogP contribution in [0.25, 0.3) is 176 Å². The fourth-order valence-corrected chi connectivity index (χ4v) is 15.5. The Balaban J connectivity index is 0.666. The van der Waals surface area contributed by atoms with Crippen molar-refractivity contribution in [1.82, 2.24) is 19.1 Å². The summed E-state index contributed by atoms with van der Waals surface area (Å²) in [5.74, 6) is 1.92. The van der Waals surface area contributed by atoms with Gasteiger partial charge in [0.1, 0.15) is 11.6 Å². The van der Waals surface area contributed by atoms with Crippen LogP contribution in [0.1, 0.15) is 11.4 Å². The van der Waals surface area contributed by atoms with E-state index in [1.807, 2.05) is 0 Å². The fourth-order valence-electron chi connectivity index (χ4n) is 15.5. The highest BCUT2D eigenvalue weighted by Gasteiger charge is 2.23. The number of benzene rings is 17. The molecule has 19 rings (SSSR count). The zero-order valence-electron chi connectivity index (χ0n) is 52.5. The molecule has 17 aromatic carbocycles. The zero-order valence-corrected chi connectivity index (χ0v) is 52.5. The molecule has 4 heteroatoms. The van der Waals surface area contributed by atoms with Crippen LogP contribution in [0.5, 0.6) is 0 Å². The third kappa shape index (κ3) is 9.21. The maximum Gasteiger partial charge on any atom is 0.145 e. The maximum absolute atomic E-state index is 5.52. The Morgan fingerprint density at radius 1 is 0.229 bits per heavy atom. The minimum atomic E-state index is 0.736. The van der Waals surface area contributed by atoms with E-state index in [4.69, 9.17) is 9.97 Å². The molecular weight excluding hydrogens is 1160 g/mol. The summed E-state index contributed by atoms with van der Waals surface area (Å²) in [6.45, 7) is 0. The van der Waals surface area contributed by atoms with E-state index in [-0.39, 0.29) is 0 Å². The number of nitrogens with zero attached hydrogens (tertiary/aromatic N) is 4. The van der Waals surface area contributed by atoms with E-state index in [0.717, 1.165) is 74.6 Å². The van der Waals surface area contributed by atoms with Crippen LogP contribution in [0.4, 0.5) is 0 Å². The molecule has 0 aliphatic rings. The van der Waals surface area contributed by atoms with Gasteiger partial charge in [0.25, 0.3) is 0 Å². The van der Waals surface area contributed by atoms with Gasteiger partial charge in [-0.05, 0) is 210 Å². The predicted octanol–water partition coefficient (Wildman–Crippen LogP) is 24.2. The molecule has 0 saturated carbocycles. The molecule has 0 fully saturated rings. The maximum atomic E-state index is 5.52. The van der Waals surface area contributed by atoms with Crippen molar-refractivity contribution in [2.75, 3.05) is 0 Å². The zero-order chi connectivity index (χ0) is 63.2. The summed E-state index contributed by atoms with van der Waals surface area (Å²) < 4.78 is 4.67. The van der Waals surface area contributed by atoms with Gasteiger partial charge in [-0.3, -0.25) is 9.13 Å². The predicted molar refractivity (Wildman–Crippen MR) is 405 cm³/mol. The molecule has 2 aromatic heterocycles. The first-order chi connectivity index (χ1) is 47.6. The molecule has 0 unspecified atom stereocenters. The Labute approximate surface area is 555 Å². The van der Waals surface area contributed by atoms with Gasteiger partial charge in [-0.15, -0.1) is 0 Å². The molecule has 0 aliphatic carbocycles. The molecule has 0 atom stereocenters. The lowest BCUT2D eigenvalue weighted by Crippen LogP contribution is -2.03. The van der Waals surface area contributed by atoms with E-state index < -0.39 is 0 Å². The van der Waals surface area contributed by atoms with Crippen molar-refractivity contribution in [1.29, 1.82) is 0 Å². The van der Waals surface area contributed by atoms with Crippen molar-refractivity contribution < 1.29 is 0 Å². The summed E-state index contributed by atoms with van der Waals surface area (Å²) in [6, 6.07) is 125. The van der Waals surface area contributed by atoms with Gasteiger partial charge < -0.3 is 0 Å². The Morgan fingerprint density at radius 2 is 0.698 bits per heavy atom. The minimum Gasteiger partial charge on any atom is -0.296 e. The van der Waals surface area contributed by atoms with E-state index in [1.165, 1.54) is 125 Å². The molecule has 0 aliphatic heterocycles. The number of hydrogen-bond acceptors (Lipinski definition) is 2. The molecule has 0 N–H and O–H groups in total. The first-order valence-corrected chi connectivity index (χ1v) is 33.2. The lowest BCUT2D eigenvalue weighted by Gasteiger charge is -2.19. The first kappa shape index (κ1) is 55.2. The number of imidazole rings is 2. The molecule has 0 radical (unpaired) electrons. The summed E-state index contributed by atoms with van der Waals surface area (Å²) in [5, 5.41) is 17.3. The number of hydrogen-bond donors (Lipinski definition) is 0. The second kappa shape index (κ2) is 22.7. The second-order valence-corrected chi connectivity index (χ2v) is 25.5. The van der Waals surface area contributed by atoms with Crippen molar-refractivity contribution in [2.24, 2.45) is 0 Å². The standard InChI is InChI=1S/C92H60N4/c1-2-25-71(26-3-1)96-86-53-37-59(38-54-87-93-83-35-16-17-36-85(83)95(87)72-50-47-64(48-51-72)88-77-30-12-14-32-79(77)91(80-33-15-13-31-78(80)88)74-34-18-24-63-21-8-9-27-73(63)74)55-84(86)94-92(96)65-43-39-62(40-44-65)68-49-52-81-82(58-68)90(70-46-42-61-20-5-7-23-67(61)57-70)76-29-11-10-28-75(76)89(81)69-45-41-60-19-4-6-22-66(60)56-69/h1-37,39-53,55-58H,38,54H2. The van der Waals surface area contributed by atoms with E-state index in [2.05, 4.69) is 349 Å². The number of para-hydroxylation sites is 3. The van der Waals surface area contributed by atoms with Crippen molar-refractivity contribution in [3.8, 4) is 78.4 Å². The average Bonchev–Trinajstić information content (AvgIpc) is 1.04. The van der Waals surface area contributed by atoms with Crippen LogP contribution in [0, 0.1) is 0 Å². The Kier molecular flexibility index (Phi) is 13.0. The number of aromatic nitrogens is 4. The average molecular weight is 1220 g/mol. The van der Waals surface area contributed by atoms with Crippen LogP contribution in [0.3, 0.4) is 0 Å². The SMILES string of the molecule is c1ccc(-n2c(-c3ccc(-c4ccc5c(-c6ccc7ccccc7c6)c6ccccc6c(-c6ccc7ccccc7c6)c5c4)cc3)nc3cc(CCc4nc5ccccc5n4-c4ccc(-c5c6ccccc6c(-c6cccc7ccccc67)c6ccccc56)cc4)ccc32)cc1. The van der Waals surface area contributed by atoms with Gasteiger partial charge in [0.15, 0.2) is 0 Å². The Bertz CT molecular complexity index is 6250. The Hall–Kier alpha value is -12.5. The summed E-state index contributed by atoms with van der Waals surface area (Å²) in [4.78, 5) is 10.9. The quantitative estimate of drug-likeness (QED) is 0.121. The molecule has 0 bridgehead atoms. The lowest BCUT2D eigenvalue weighted by molar-refractivity contribution is 0.840. The van der Waals surface area contributed by atoms with E-state index in [9.17, 15) is 0 Å². The van der Waals surface area contributed by atoms with Gasteiger partial charge in [0.2, 0.25) is 0 Å². The van der Waals surface area contributed by atoms with Gasteiger partial charge in [-0.25, -0.2) is 9.97 Å². The van der Waals surface area contributed by atoms with Crippen molar-refractivity contribution >= 4 is 97.5 Å². The normalized spacial score (nSPS) is 11.8. The highest BCUT2D eigenvalue weighted by Crippen LogP contribution is 2.48. The molecule has 0 spiro atoms. The molecular formula is C92H60N4. The van der Waals surface area contributed by atoms with Crippen molar-refractivity contribution in [3.63, 3.8) is 0 Å². The van der Waals surface area contributed by atoms with Crippen LogP contribution in [-0.4, -0.2) is 19.1 Å². The third-order valence-corrected chi connectivity index (χ3v) is 20.0. The molecule has 96 heavy (non-hydrogen) atoms. The molecule has 2 heterocycles. The first-order valence-electron chi connectivity index (χ1n) is 33.2. The molecule has 4 nitrogen and oxygen atoms in total. The summed E-state index contributed by atoms with van der Waals surface area (Å²) in [6.07, 6.45) is 1.52. The number of aryl methyl sites for hydroxylation is 2. The molecule has 0 saturated heterocycles. The summed E-state index contributed by atoms with van der Waals surface area (Å²) in [5.41, 5.74) is 20.6. The van der Waals surface area contributed by atoms with Gasteiger partial charge in [0, 0.05) is 23.4 Å². The van der Waals surface area contributed by atoms with Gasteiger partial charge in [-0.2, -0.15) is 0 Å². The molecule has 448 valence electrons.